The molecule has 1 aromatic carbocycles. The van der Waals surface area contributed by atoms with E-state index in [-0.39, 0.29) is 6.54 Å². The highest BCUT2D eigenvalue weighted by atomic mass is 32.2. The Morgan fingerprint density at radius 3 is 2.29 bits per heavy atom. The molecule has 4 heteroatoms. The van der Waals surface area contributed by atoms with Crippen LogP contribution in [0.4, 0.5) is 0 Å². The molecule has 0 bridgehead atoms. The zero-order valence-corrected chi connectivity index (χ0v) is 9.00. The Balaban J connectivity index is 2.77. The fourth-order valence-corrected chi connectivity index (χ4v) is 2.13. The molecule has 0 radical (unpaired) electrons. The van der Waals surface area contributed by atoms with E-state index in [1.165, 1.54) is 6.26 Å². The Kier molecular flexibility index (Phi) is 3.66. The summed E-state index contributed by atoms with van der Waals surface area (Å²) in [6.45, 7) is 0.174. The van der Waals surface area contributed by atoms with Crippen molar-refractivity contribution in [2.24, 2.45) is 5.73 Å². The summed E-state index contributed by atoms with van der Waals surface area (Å²) < 4.78 is 22.6. The van der Waals surface area contributed by atoms with Crippen molar-refractivity contribution in [3.05, 3.63) is 35.9 Å². The lowest BCUT2D eigenvalue weighted by molar-refractivity contribution is 0.584. The molecule has 0 heterocycles. The number of hydrogen-bond acceptors (Lipinski definition) is 3. The van der Waals surface area contributed by atoms with Crippen molar-refractivity contribution in [3.8, 4) is 0 Å². The molecule has 1 rings (SSSR count). The average molecular weight is 213 g/mol. The highest BCUT2D eigenvalue weighted by Crippen LogP contribution is 2.08. The van der Waals surface area contributed by atoms with E-state index in [1.807, 2.05) is 30.3 Å². The van der Waals surface area contributed by atoms with Gasteiger partial charge in [0.15, 0.2) is 9.84 Å². The van der Waals surface area contributed by atoms with E-state index in [9.17, 15) is 8.42 Å². The first-order chi connectivity index (χ1) is 6.54. The van der Waals surface area contributed by atoms with Crippen LogP contribution in [0.15, 0.2) is 30.3 Å². The highest BCUT2D eigenvalue weighted by molar-refractivity contribution is 7.91. The van der Waals surface area contributed by atoms with Crippen molar-refractivity contribution in [2.45, 2.75) is 11.7 Å². The van der Waals surface area contributed by atoms with Gasteiger partial charge >= 0.3 is 0 Å². The predicted octanol–water partition coefficient (Wildman–Crippen LogP) is 0.601. The summed E-state index contributed by atoms with van der Waals surface area (Å²) in [5.41, 5.74) is 6.44. The molecule has 0 amide bonds. The van der Waals surface area contributed by atoms with Gasteiger partial charge in [-0.1, -0.05) is 30.3 Å². The summed E-state index contributed by atoms with van der Waals surface area (Å²) in [5, 5.41) is -0.468. The van der Waals surface area contributed by atoms with Crippen LogP contribution in [0, 0.1) is 0 Å². The van der Waals surface area contributed by atoms with Crippen LogP contribution in [-0.2, 0) is 16.3 Å². The second kappa shape index (κ2) is 4.57. The number of rotatable bonds is 4. The Morgan fingerprint density at radius 2 is 1.86 bits per heavy atom. The van der Waals surface area contributed by atoms with Crippen molar-refractivity contribution in [3.63, 3.8) is 0 Å². The molecule has 1 aromatic rings. The molecule has 3 nitrogen and oxygen atoms in total. The largest absolute Gasteiger partial charge is 0.329 e. The van der Waals surface area contributed by atoms with Crippen molar-refractivity contribution >= 4 is 9.84 Å². The van der Waals surface area contributed by atoms with Crippen LogP contribution in [0.5, 0.6) is 0 Å². The van der Waals surface area contributed by atoms with E-state index in [4.69, 9.17) is 5.73 Å². The minimum absolute atomic E-state index is 0.174. The molecule has 14 heavy (non-hydrogen) atoms. The number of nitrogens with two attached hydrogens (primary N) is 1. The van der Waals surface area contributed by atoms with E-state index in [0.717, 1.165) is 5.56 Å². The maximum absolute atomic E-state index is 11.3. The molecule has 0 aliphatic heterocycles. The predicted molar refractivity (Wildman–Crippen MR) is 57.8 cm³/mol. The second-order valence-corrected chi connectivity index (χ2v) is 5.70. The fourth-order valence-electron chi connectivity index (χ4n) is 1.29. The van der Waals surface area contributed by atoms with Gasteiger partial charge < -0.3 is 5.73 Å². The SMILES string of the molecule is CS(=O)(=O)C(CN)Cc1ccccc1. The lowest BCUT2D eigenvalue weighted by atomic mass is 10.1. The Morgan fingerprint density at radius 1 is 1.29 bits per heavy atom. The Labute approximate surface area is 84.9 Å². The molecule has 0 fully saturated rings. The lowest BCUT2D eigenvalue weighted by Crippen LogP contribution is -2.30. The highest BCUT2D eigenvalue weighted by Gasteiger charge is 2.18. The Hall–Kier alpha value is -0.870. The third-order valence-electron chi connectivity index (χ3n) is 2.17. The molecule has 78 valence electrons. The molecule has 0 saturated heterocycles. The van der Waals surface area contributed by atoms with Crippen LogP contribution in [0.1, 0.15) is 5.56 Å². The summed E-state index contributed by atoms with van der Waals surface area (Å²) in [4.78, 5) is 0. The molecule has 0 aliphatic carbocycles. The van der Waals surface area contributed by atoms with Crippen molar-refractivity contribution in [1.82, 2.24) is 0 Å². The number of benzene rings is 1. The average Bonchev–Trinajstić information content (AvgIpc) is 2.14. The quantitative estimate of drug-likeness (QED) is 0.796. The van der Waals surface area contributed by atoms with Gasteiger partial charge in [-0.15, -0.1) is 0 Å². The summed E-state index contributed by atoms with van der Waals surface area (Å²) >= 11 is 0. The standard InChI is InChI=1S/C10H15NO2S/c1-14(12,13)10(8-11)7-9-5-3-2-4-6-9/h2-6,10H,7-8,11H2,1H3. The monoisotopic (exact) mass is 213 g/mol. The van der Waals surface area contributed by atoms with Crippen molar-refractivity contribution in [1.29, 1.82) is 0 Å². The van der Waals surface area contributed by atoms with Crippen LogP contribution >= 0.6 is 0 Å². The first-order valence-corrected chi connectivity index (χ1v) is 6.42. The second-order valence-electron chi connectivity index (χ2n) is 3.38. The van der Waals surface area contributed by atoms with Crippen LogP contribution in [0.2, 0.25) is 0 Å². The summed E-state index contributed by atoms with van der Waals surface area (Å²) in [6, 6.07) is 9.51. The van der Waals surface area contributed by atoms with E-state index >= 15 is 0 Å². The van der Waals surface area contributed by atoms with Crippen molar-refractivity contribution < 1.29 is 8.42 Å². The smallest absolute Gasteiger partial charge is 0.151 e. The zero-order chi connectivity index (χ0) is 10.6. The van der Waals surface area contributed by atoms with E-state index in [1.54, 1.807) is 0 Å². The first kappa shape index (κ1) is 11.2. The van der Waals surface area contributed by atoms with E-state index in [0.29, 0.717) is 6.42 Å². The summed E-state index contributed by atoms with van der Waals surface area (Å²) in [5.74, 6) is 0. The van der Waals surface area contributed by atoms with Gasteiger partial charge in [0.2, 0.25) is 0 Å². The molecular weight excluding hydrogens is 198 g/mol. The summed E-state index contributed by atoms with van der Waals surface area (Å²) in [6.07, 6.45) is 1.73. The van der Waals surface area contributed by atoms with Crippen LogP contribution in [0.25, 0.3) is 0 Å². The van der Waals surface area contributed by atoms with Gasteiger partial charge in [-0.25, -0.2) is 8.42 Å². The minimum atomic E-state index is -3.04. The van der Waals surface area contributed by atoms with Gasteiger partial charge in [0.25, 0.3) is 0 Å². The van der Waals surface area contributed by atoms with Gasteiger partial charge in [0.1, 0.15) is 0 Å². The molecule has 0 spiro atoms. The normalized spacial score (nSPS) is 13.9. The van der Waals surface area contributed by atoms with E-state index in [2.05, 4.69) is 0 Å². The fraction of sp³-hybridized carbons (Fsp3) is 0.400. The van der Waals surface area contributed by atoms with Crippen LogP contribution in [-0.4, -0.2) is 26.5 Å². The molecule has 1 atom stereocenters. The zero-order valence-electron chi connectivity index (χ0n) is 8.18. The topological polar surface area (TPSA) is 60.2 Å². The first-order valence-electron chi connectivity index (χ1n) is 4.47. The molecule has 0 aliphatic rings. The molecule has 0 aromatic heterocycles. The van der Waals surface area contributed by atoms with Gasteiger partial charge in [-0.3, -0.25) is 0 Å². The molecular formula is C10H15NO2S. The van der Waals surface area contributed by atoms with Gasteiger partial charge in [-0.2, -0.15) is 0 Å². The third-order valence-corrected chi connectivity index (χ3v) is 3.74. The Bertz CT molecular complexity index is 372. The molecule has 1 unspecified atom stereocenters. The number of hydrogen-bond donors (Lipinski definition) is 1. The van der Waals surface area contributed by atoms with Gasteiger partial charge in [-0.05, 0) is 12.0 Å². The maximum Gasteiger partial charge on any atom is 0.151 e. The van der Waals surface area contributed by atoms with Crippen molar-refractivity contribution in [2.75, 3.05) is 12.8 Å². The van der Waals surface area contributed by atoms with Gasteiger partial charge in [0.05, 0.1) is 5.25 Å². The van der Waals surface area contributed by atoms with E-state index < -0.39 is 15.1 Å². The van der Waals surface area contributed by atoms with Crippen LogP contribution in [0.3, 0.4) is 0 Å². The number of sulfone groups is 1. The maximum atomic E-state index is 11.3. The molecule has 2 N–H and O–H groups in total. The summed E-state index contributed by atoms with van der Waals surface area (Å²) in [7, 11) is -3.04. The third kappa shape index (κ3) is 3.12. The minimum Gasteiger partial charge on any atom is -0.329 e. The van der Waals surface area contributed by atoms with Gasteiger partial charge in [0, 0.05) is 12.8 Å². The van der Waals surface area contributed by atoms with Crippen LogP contribution < -0.4 is 5.73 Å². The lowest BCUT2D eigenvalue weighted by Gasteiger charge is -2.12. The molecule has 0 saturated carbocycles.